The summed E-state index contributed by atoms with van der Waals surface area (Å²) in [7, 11) is -1.11. The molecule has 0 N–H and O–H groups in total. The molecule has 9 heteroatoms. The first-order chi connectivity index (χ1) is 18.0. The maximum absolute atomic E-state index is 12.6. The van der Waals surface area contributed by atoms with Crippen molar-refractivity contribution in [2.24, 2.45) is 0 Å². The molecule has 0 heterocycles. The van der Waals surface area contributed by atoms with Crippen LogP contribution in [0.2, 0.25) is 0 Å². The Morgan fingerprint density at radius 1 is 0.838 bits per heavy atom. The first kappa shape index (κ1) is 31.5. The van der Waals surface area contributed by atoms with Gasteiger partial charge in [0.05, 0.1) is 25.1 Å². The Morgan fingerprint density at radius 3 is 2.11 bits per heavy atom. The lowest BCUT2D eigenvalue weighted by atomic mass is 10.1. The Kier molecular flexibility index (Phi) is 15.8. The molecule has 0 aliphatic carbocycles. The lowest BCUT2D eigenvalue weighted by Crippen LogP contribution is -2.21. The summed E-state index contributed by atoms with van der Waals surface area (Å²) in [4.78, 5) is 12.6. The van der Waals surface area contributed by atoms with Crippen LogP contribution in [0.1, 0.15) is 63.9 Å². The minimum atomic E-state index is -3.64. The standard InChI is InChI=1S/C28H41O7PS/c1-4-5-6-7-8-9-13-16-28(29)37-27(23-34-36(30,31-2)32-3)22-33-21-24-17-19-26(20-18-24)35-25-14-11-10-12-15-25/h10-12,14-15,17-20,27H,4-9,13,16,21-23H2,1-3H3/t27-/m1/s1. The number of benzene rings is 2. The number of phosphoric acid groups is 1. The third-order valence-corrected chi connectivity index (χ3v) is 8.06. The fraction of sp³-hybridized carbons (Fsp3) is 0.536. The highest BCUT2D eigenvalue weighted by molar-refractivity contribution is 8.14. The molecule has 0 radical (unpaired) electrons. The molecule has 37 heavy (non-hydrogen) atoms. The van der Waals surface area contributed by atoms with E-state index in [-0.39, 0.29) is 23.6 Å². The van der Waals surface area contributed by atoms with Crippen LogP contribution in [0.5, 0.6) is 11.5 Å². The van der Waals surface area contributed by atoms with Gasteiger partial charge in [-0.1, -0.05) is 87.5 Å². The zero-order valence-corrected chi connectivity index (χ0v) is 24.0. The van der Waals surface area contributed by atoms with Gasteiger partial charge in [0.2, 0.25) is 0 Å². The van der Waals surface area contributed by atoms with E-state index in [4.69, 9.17) is 23.0 Å². The van der Waals surface area contributed by atoms with Crippen LogP contribution in [0.25, 0.3) is 0 Å². The number of hydrogen-bond acceptors (Lipinski definition) is 8. The topological polar surface area (TPSA) is 80.3 Å². The van der Waals surface area contributed by atoms with E-state index >= 15 is 0 Å². The number of phosphoric ester groups is 1. The van der Waals surface area contributed by atoms with Gasteiger partial charge in [-0.25, -0.2) is 4.57 Å². The SMILES string of the molecule is CCCCCCCCCC(=O)S[C@H](COCc1ccc(Oc2ccccc2)cc1)COP(=O)(OC)OC. The molecule has 0 aliphatic heterocycles. The fourth-order valence-electron chi connectivity index (χ4n) is 3.53. The van der Waals surface area contributed by atoms with Gasteiger partial charge in [0, 0.05) is 20.6 Å². The number of hydrogen-bond donors (Lipinski definition) is 0. The first-order valence-corrected chi connectivity index (χ1v) is 15.3. The molecule has 0 unspecified atom stereocenters. The van der Waals surface area contributed by atoms with Crippen LogP contribution in [0.15, 0.2) is 54.6 Å². The largest absolute Gasteiger partial charge is 0.474 e. The van der Waals surface area contributed by atoms with Gasteiger partial charge in [-0.3, -0.25) is 18.4 Å². The predicted molar refractivity (Wildman–Crippen MR) is 149 cm³/mol. The van der Waals surface area contributed by atoms with Crippen molar-refractivity contribution in [1.82, 2.24) is 0 Å². The van der Waals surface area contributed by atoms with E-state index in [1.165, 1.54) is 51.7 Å². The number of para-hydroxylation sites is 1. The van der Waals surface area contributed by atoms with Gasteiger partial charge in [0.1, 0.15) is 11.5 Å². The highest BCUT2D eigenvalue weighted by atomic mass is 32.2. The lowest BCUT2D eigenvalue weighted by molar-refractivity contribution is -0.111. The Bertz CT molecular complexity index is 916. The summed E-state index contributed by atoms with van der Waals surface area (Å²) in [6, 6.07) is 17.2. The highest BCUT2D eigenvalue weighted by Crippen LogP contribution is 2.48. The summed E-state index contributed by atoms with van der Waals surface area (Å²) in [6.07, 6.45) is 8.58. The number of carbonyl (C=O) groups is 1. The average Bonchev–Trinajstić information content (AvgIpc) is 2.92. The van der Waals surface area contributed by atoms with Crippen molar-refractivity contribution in [2.45, 2.75) is 70.1 Å². The predicted octanol–water partition coefficient (Wildman–Crippen LogP) is 8.18. The zero-order valence-electron chi connectivity index (χ0n) is 22.3. The molecule has 0 bridgehead atoms. The molecule has 7 nitrogen and oxygen atoms in total. The van der Waals surface area contributed by atoms with Crippen LogP contribution >= 0.6 is 19.6 Å². The van der Waals surface area contributed by atoms with Gasteiger partial charge in [0.15, 0.2) is 5.12 Å². The van der Waals surface area contributed by atoms with Crippen LogP contribution in [0, 0.1) is 0 Å². The van der Waals surface area contributed by atoms with Crippen LogP contribution in [0.3, 0.4) is 0 Å². The van der Waals surface area contributed by atoms with Gasteiger partial charge >= 0.3 is 7.82 Å². The summed E-state index contributed by atoms with van der Waals surface area (Å²) >= 11 is 1.18. The lowest BCUT2D eigenvalue weighted by Gasteiger charge is -2.19. The maximum atomic E-state index is 12.6. The highest BCUT2D eigenvalue weighted by Gasteiger charge is 2.26. The number of rotatable bonds is 20. The van der Waals surface area contributed by atoms with Crippen molar-refractivity contribution in [3.05, 3.63) is 60.2 Å². The van der Waals surface area contributed by atoms with Crippen molar-refractivity contribution in [3.63, 3.8) is 0 Å². The van der Waals surface area contributed by atoms with Crippen molar-refractivity contribution in [2.75, 3.05) is 27.4 Å². The zero-order chi connectivity index (χ0) is 26.8. The monoisotopic (exact) mass is 552 g/mol. The second-order valence-corrected chi connectivity index (χ2v) is 11.9. The molecule has 0 amide bonds. The van der Waals surface area contributed by atoms with Crippen LogP contribution < -0.4 is 4.74 Å². The van der Waals surface area contributed by atoms with Crippen LogP contribution in [-0.2, 0) is 34.3 Å². The van der Waals surface area contributed by atoms with Gasteiger partial charge < -0.3 is 9.47 Å². The molecule has 2 aromatic rings. The van der Waals surface area contributed by atoms with E-state index in [9.17, 15) is 9.36 Å². The minimum Gasteiger partial charge on any atom is -0.457 e. The molecular formula is C28H41O7PS. The molecule has 2 rings (SSSR count). The average molecular weight is 553 g/mol. The molecule has 0 saturated carbocycles. The molecule has 0 spiro atoms. The molecule has 0 fully saturated rings. The van der Waals surface area contributed by atoms with Crippen molar-refractivity contribution in [3.8, 4) is 11.5 Å². The molecule has 1 atom stereocenters. The summed E-state index contributed by atoms with van der Waals surface area (Å²) < 4.78 is 39.1. The van der Waals surface area contributed by atoms with Crippen molar-refractivity contribution < 1.29 is 32.4 Å². The van der Waals surface area contributed by atoms with E-state index in [2.05, 4.69) is 6.92 Å². The normalized spacial score (nSPS) is 12.4. The van der Waals surface area contributed by atoms with Gasteiger partial charge in [-0.15, -0.1) is 0 Å². The molecule has 0 aromatic heterocycles. The van der Waals surface area contributed by atoms with E-state index in [1.54, 1.807) is 0 Å². The van der Waals surface area contributed by atoms with Gasteiger partial charge in [-0.2, -0.15) is 0 Å². The summed E-state index contributed by atoms with van der Waals surface area (Å²) in [5.74, 6) is 1.51. The molecule has 0 aliphatic rings. The van der Waals surface area contributed by atoms with Gasteiger partial charge in [-0.05, 0) is 36.2 Å². The van der Waals surface area contributed by atoms with E-state index in [1.807, 2.05) is 54.6 Å². The number of ether oxygens (including phenoxy) is 2. The van der Waals surface area contributed by atoms with Crippen molar-refractivity contribution >= 4 is 24.7 Å². The molecule has 2 aromatic carbocycles. The van der Waals surface area contributed by atoms with Crippen LogP contribution in [0.4, 0.5) is 0 Å². The second kappa shape index (κ2) is 18.6. The van der Waals surface area contributed by atoms with E-state index < -0.39 is 7.82 Å². The third-order valence-electron chi connectivity index (χ3n) is 5.62. The van der Waals surface area contributed by atoms with E-state index in [0.717, 1.165) is 36.3 Å². The smallest absolute Gasteiger partial charge is 0.457 e. The fourth-order valence-corrected chi connectivity index (χ4v) is 5.29. The summed E-state index contributed by atoms with van der Waals surface area (Å²) in [6.45, 7) is 2.83. The van der Waals surface area contributed by atoms with E-state index in [0.29, 0.717) is 13.0 Å². The number of thioether (sulfide) groups is 1. The quantitative estimate of drug-likeness (QED) is 0.120. The molecule has 0 saturated heterocycles. The number of unbranched alkanes of at least 4 members (excludes halogenated alkanes) is 6. The third kappa shape index (κ3) is 13.6. The summed E-state index contributed by atoms with van der Waals surface area (Å²) in [5, 5.41) is -0.255. The Morgan fingerprint density at radius 2 is 1.46 bits per heavy atom. The van der Waals surface area contributed by atoms with Gasteiger partial charge in [0.25, 0.3) is 0 Å². The Hall–Kier alpha value is -1.67. The Labute approximate surface area is 226 Å². The number of carbonyl (C=O) groups excluding carboxylic acids is 1. The van der Waals surface area contributed by atoms with Crippen molar-refractivity contribution in [1.29, 1.82) is 0 Å². The molecule has 206 valence electrons. The second-order valence-electron chi connectivity index (χ2n) is 8.67. The first-order valence-electron chi connectivity index (χ1n) is 12.9. The molecular weight excluding hydrogens is 511 g/mol. The maximum Gasteiger partial charge on any atom is 0.474 e. The Balaban J connectivity index is 1.81. The van der Waals surface area contributed by atoms with Crippen LogP contribution in [-0.4, -0.2) is 37.8 Å². The minimum absolute atomic E-state index is 0.0102. The summed E-state index contributed by atoms with van der Waals surface area (Å²) in [5.41, 5.74) is 0.971.